The molecule has 0 rings (SSSR count). The molecule has 0 saturated carbocycles. The van der Waals surface area contributed by atoms with Crippen molar-refractivity contribution < 1.29 is 13.0 Å². The molecule has 0 amide bonds. The third kappa shape index (κ3) is 17.1. The Balaban J connectivity index is 0. The van der Waals surface area contributed by atoms with Crippen molar-refractivity contribution in [3.63, 3.8) is 0 Å². The van der Waals surface area contributed by atoms with Crippen LogP contribution in [0.15, 0.2) is 0 Å². The van der Waals surface area contributed by atoms with Crippen molar-refractivity contribution in [3.8, 4) is 0 Å². The van der Waals surface area contributed by atoms with Gasteiger partial charge >= 0.3 is 29.6 Å². The topological polar surface area (TPSA) is 54.4 Å². The van der Waals surface area contributed by atoms with Gasteiger partial charge in [-0.15, -0.1) is 0 Å². The van der Waals surface area contributed by atoms with E-state index in [1.807, 2.05) is 0 Å². The summed E-state index contributed by atoms with van der Waals surface area (Å²) in [6.07, 6.45) is 15.9. The average molecular weight is 331 g/mol. The molecule has 1 N–H and O–H groups in total. The molecule has 0 aliphatic heterocycles. The van der Waals surface area contributed by atoms with Gasteiger partial charge in [0, 0.05) is 0 Å². The summed E-state index contributed by atoms with van der Waals surface area (Å²) in [7, 11) is -3.82. The zero-order valence-electron chi connectivity index (χ0n) is 13.4. The predicted octanol–water partition coefficient (Wildman–Crippen LogP) is 4.71. The van der Waals surface area contributed by atoms with Crippen LogP contribution in [0.5, 0.6) is 0 Å². The molecule has 1 atom stereocenters. The summed E-state index contributed by atoms with van der Waals surface area (Å²) in [5.74, 6) is 0. The summed E-state index contributed by atoms with van der Waals surface area (Å²) in [4.78, 5) is 0. The Bertz CT molecular complexity index is 305. The van der Waals surface area contributed by atoms with Gasteiger partial charge in [-0.2, -0.15) is 8.42 Å². The van der Waals surface area contributed by atoms with Crippen LogP contribution in [0.2, 0.25) is 0 Å². The van der Waals surface area contributed by atoms with E-state index >= 15 is 0 Å². The molecule has 0 saturated heterocycles. The molecule has 0 fully saturated rings. The monoisotopic (exact) mass is 330 g/mol. The first-order chi connectivity index (χ1) is 9.48. The standard InChI is InChI=1S/C16H34O3S.Na.H/c1-3-4-5-6-7-8-9-10-11-12-13-14-15-16(2)20(17,18)19;;/h16H,3-15H2,1-2H3,(H,17,18,19);;. The van der Waals surface area contributed by atoms with E-state index < -0.39 is 15.4 Å². The number of hydrogen-bond donors (Lipinski definition) is 1. The second-order valence-electron chi connectivity index (χ2n) is 6.00. The SMILES string of the molecule is CCCCCCCCCCCCCCC(C)S(=O)(=O)O.[NaH]. The van der Waals surface area contributed by atoms with Crippen LogP contribution in [-0.2, 0) is 10.1 Å². The fourth-order valence-corrected chi connectivity index (χ4v) is 2.89. The quantitative estimate of drug-likeness (QED) is 0.285. The van der Waals surface area contributed by atoms with Crippen molar-refractivity contribution in [1.29, 1.82) is 0 Å². The van der Waals surface area contributed by atoms with Crippen molar-refractivity contribution in [1.82, 2.24) is 0 Å². The number of rotatable bonds is 14. The first-order valence-electron chi connectivity index (χ1n) is 8.44. The van der Waals surface area contributed by atoms with Gasteiger partial charge in [0.25, 0.3) is 10.1 Å². The zero-order valence-corrected chi connectivity index (χ0v) is 14.3. The first kappa shape index (κ1) is 24.2. The molecular weight excluding hydrogens is 295 g/mol. The Morgan fingerprint density at radius 1 is 0.762 bits per heavy atom. The van der Waals surface area contributed by atoms with Crippen molar-refractivity contribution in [2.45, 2.75) is 103 Å². The molecule has 0 bridgehead atoms. The van der Waals surface area contributed by atoms with Crippen LogP contribution in [0.4, 0.5) is 0 Å². The zero-order chi connectivity index (χ0) is 15.3. The third-order valence-electron chi connectivity index (χ3n) is 3.97. The molecule has 0 aromatic heterocycles. The maximum absolute atomic E-state index is 10.8. The predicted molar refractivity (Wildman–Crippen MR) is 93.9 cm³/mol. The molecular formula is C16H35NaO3S. The molecule has 1 unspecified atom stereocenters. The van der Waals surface area contributed by atoms with E-state index in [4.69, 9.17) is 4.55 Å². The molecule has 0 aromatic carbocycles. The molecule has 0 spiro atoms. The summed E-state index contributed by atoms with van der Waals surface area (Å²) in [5, 5.41) is -0.606. The van der Waals surface area contributed by atoms with Gasteiger partial charge in [-0.3, -0.25) is 4.55 Å². The van der Waals surface area contributed by atoms with Gasteiger partial charge in [-0.25, -0.2) is 0 Å². The van der Waals surface area contributed by atoms with Gasteiger partial charge in [0.05, 0.1) is 5.25 Å². The van der Waals surface area contributed by atoms with E-state index in [2.05, 4.69) is 6.92 Å². The molecule has 3 nitrogen and oxygen atoms in total. The minimum atomic E-state index is -3.82. The molecule has 0 heterocycles. The van der Waals surface area contributed by atoms with E-state index in [-0.39, 0.29) is 29.6 Å². The van der Waals surface area contributed by atoms with Gasteiger partial charge in [-0.05, 0) is 13.3 Å². The second kappa shape index (κ2) is 15.8. The molecule has 124 valence electrons. The van der Waals surface area contributed by atoms with E-state index in [0.29, 0.717) is 6.42 Å². The summed E-state index contributed by atoms with van der Waals surface area (Å²) >= 11 is 0. The van der Waals surface area contributed by atoms with Gasteiger partial charge in [0.15, 0.2) is 0 Å². The molecule has 0 radical (unpaired) electrons. The summed E-state index contributed by atoms with van der Waals surface area (Å²) in [6, 6.07) is 0. The molecule has 0 aliphatic rings. The van der Waals surface area contributed by atoms with Crippen LogP contribution in [0.25, 0.3) is 0 Å². The van der Waals surface area contributed by atoms with Crippen LogP contribution in [-0.4, -0.2) is 47.8 Å². The molecule has 0 aromatic rings. The van der Waals surface area contributed by atoms with E-state index in [1.165, 1.54) is 64.2 Å². The Hall–Kier alpha value is 0.910. The van der Waals surface area contributed by atoms with Crippen molar-refractivity contribution in [2.75, 3.05) is 0 Å². The Kier molecular flexibility index (Phi) is 18.2. The van der Waals surface area contributed by atoms with E-state index in [1.54, 1.807) is 6.92 Å². The summed E-state index contributed by atoms with van der Waals surface area (Å²) in [6.45, 7) is 3.82. The number of hydrogen-bond acceptors (Lipinski definition) is 2. The van der Waals surface area contributed by atoms with Gasteiger partial charge in [-0.1, -0.05) is 84.0 Å². The maximum atomic E-state index is 10.8. The van der Waals surface area contributed by atoms with Gasteiger partial charge in [0.2, 0.25) is 0 Å². The Morgan fingerprint density at radius 3 is 1.43 bits per heavy atom. The third-order valence-corrected chi connectivity index (χ3v) is 5.23. The van der Waals surface area contributed by atoms with Crippen LogP contribution in [0.3, 0.4) is 0 Å². The first-order valence-corrected chi connectivity index (χ1v) is 9.95. The number of unbranched alkanes of at least 4 members (excludes halogenated alkanes) is 11. The Morgan fingerprint density at radius 2 is 1.10 bits per heavy atom. The van der Waals surface area contributed by atoms with Crippen molar-refractivity contribution >= 4 is 39.7 Å². The summed E-state index contributed by atoms with van der Waals surface area (Å²) in [5.41, 5.74) is 0. The van der Waals surface area contributed by atoms with E-state index in [0.717, 1.165) is 12.8 Å². The molecule has 0 aliphatic carbocycles. The second-order valence-corrected chi connectivity index (χ2v) is 7.84. The van der Waals surface area contributed by atoms with Gasteiger partial charge < -0.3 is 0 Å². The van der Waals surface area contributed by atoms with Crippen LogP contribution >= 0.6 is 0 Å². The fourth-order valence-electron chi connectivity index (χ4n) is 2.42. The Labute approximate surface area is 154 Å². The van der Waals surface area contributed by atoms with Crippen LogP contribution in [0, 0.1) is 0 Å². The molecule has 5 heteroatoms. The van der Waals surface area contributed by atoms with Crippen LogP contribution in [0.1, 0.15) is 97.3 Å². The normalized spacial score (nSPS) is 12.9. The average Bonchev–Trinajstić information content (AvgIpc) is 2.38. The van der Waals surface area contributed by atoms with Crippen LogP contribution < -0.4 is 0 Å². The van der Waals surface area contributed by atoms with Gasteiger partial charge in [0.1, 0.15) is 0 Å². The minimum absolute atomic E-state index is 0. The fraction of sp³-hybridized carbons (Fsp3) is 1.00. The summed E-state index contributed by atoms with van der Waals surface area (Å²) < 4.78 is 30.5. The van der Waals surface area contributed by atoms with E-state index in [9.17, 15) is 8.42 Å². The molecule has 21 heavy (non-hydrogen) atoms. The van der Waals surface area contributed by atoms with Crippen molar-refractivity contribution in [3.05, 3.63) is 0 Å². The van der Waals surface area contributed by atoms with Crippen molar-refractivity contribution in [2.24, 2.45) is 0 Å².